The first-order valence-corrected chi connectivity index (χ1v) is 10.1. The summed E-state index contributed by atoms with van der Waals surface area (Å²) in [5.74, 6) is -0.00216. The monoisotopic (exact) mass is 399 g/mol. The molecule has 1 fully saturated rings. The van der Waals surface area contributed by atoms with Crippen molar-refractivity contribution in [2.75, 3.05) is 6.54 Å². The topological polar surface area (TPSA) is 72.5 Å². The van der Waals surface area contributed by atoms with Crippen LogP contribution in [0.4, 0.5) is 0 Å². The quantitative estimate of drug-likeness (QED) is 0.529. The van der Waals surface area contributed by atoms with Gasteiger partial charge in [0.05, 0.1) is 23.8 Å². The van der Waals surface area contributed by atoms with Gasteiger partial charge in [-0.3, -0.25) is 14.6 Å². The van der Waals surface area contributed by atoms with Gasteiger partial charge in [-0.25, -0.2) is 4.68 Å². The number of hydrogen-bond acceptors (Lipinski definition) is 4. The number of likely N-dealkylation sites (tertiary alicyclic amines) is 1. The predicted molar refractivity (Wildman–Crippen MR) is 113 cm³/mol. The molecule has 7 heteroatoms. The molecular formula is C23H21N5O2. The van der Waals surface area contributed by atoms with Crippen molar-refractivity contribution in [3.8, 4) is 11.3 Å². The van der Waals surface area contributed by atoms with Gasteiger partial charge in [0, 0.05) is 48.5 Å². The van der Waals surface area contributed by atoms with Crippen molar-refractivity contribution in [3.05, 3.63) is 89.2 Å². The third-order valence-corrected chi connectivity index (χ3v) is 5.60. The van der Waals surface area contributed by atoms with Crippen LogP contribution in [-0.2, 0) is 6.54 Å². The van der Waals surface area contributed by atoms with E-state index in [-0.39, 0.29) is 17.5 Å². The van der Waals surface area contributed by atoms with Crippen molar-refractivity contribution in [1.82, 2.24) is 24.1 Å². The minimum Gasteiger partial charge on any atom is -0.334 e. The Kier molecular flexibility index (Phi) is 4.63. The Morgan fingerprint density at radius 2 is 2.07 bits per heavy atom. The van der Waals surface area contributed by atoms with E-state index < -0.39 is 0 Å². The molecule has 4 aromatic heterocycles. The van der Waals surface area contributed by atoms with Crippen molar-refractivity contribution in [2.45, 2.75) is 25.4 Å². The molecule has 1 saturated heterocycles. The second-order valence-electron chi connectivity index (χ2n) is 7.54. The van der Waals surface area contributed by atoms with E-state index in [4.69, 9.17) is 0 Å². The van der Waals surface area contributed by atoms with Crippen LogP contribution in [0.3, 0.4) is 0 Å². The van der Waals surface area contributed by atoms with Gasteiger partial charge in [-0.15, -0.1) is 0 Å². The highest BCUT2D eigenvalue weighted by Crippen LogP contribution is 2.23. The minimum atomic E-state index is -0.170. The summed E-state index contributed by atoms with van der Waals surface area (Å²) < 4.78 is 3.41. The molecule has 1 unspecified atom stereocenters. The van der Waals surface area contributed by atoms with E-state index in [1.54, 1.807) is 18.5 Å². The van der Waals surface area contributed by atoms with Crippen molar-refractivity contribution >= 4 is 11.4 Å². The maximum Gasteiger partial charge on any atom is 0.266 e. The fourth-order valence-electron chi connectivity index (χ4n) is 4.08. The van der Waals surface area contributed by atoms with Gasteiger partial charge in [-0.2, -0.15) is 5.10 Å². The summed E-state index contributed by atoms with van der Waals surface area (Å²) in [6.45, 7) is 1.07. The highest BCUT2D eigenvalue weighted by Gasteiger charge is 2.30. The predicted octanol–water partition coefficient (Wildman–Crippen LogP) is 2.86. The van der Waals surface area contributed by atoms with Crippen LogP contribution in [0.25, 0.3) is 16.8 Å². The zero-order valence-electron chi connectivity index (χ0n) is 16.4. The van der Waals surface area contributed by atoms with Gasteiger partial charge in [0.15, 0.2) is 0 Å². The molecule has 0 saturated carbocycles. The number of fused-ring (bicyclic) bond motifs is 1. The van der Waals surface area contributed by atoms with Gasteiger partial charge in [0.1, 0.15) is 0 Å². The van der Waals surface area contributed by atoms with Crippen LogP contribution in [0.15, 0.2) is 78.1 Å². The first kappa shape index (κ1) is 18.3. The van der Waals surface area contributed by atoms with E-state index in [2.05, 4.69) is 10.1 Å². The Bertz CT molecular complexity index is 1230. The number of aromatic nitrogens is 4. The van der Waals surface area contributed by atoms with E-state index >= 15 is 0 Å². The third-order valence-electron chi connectivity index (χ3n) is 5.60. The Labute approximate surface area is 173 Å². The number of pyridine rings is 2. The molecule has 0 radical (unpaired) electrons. The van der Waals surface area contributed by atoms with Crippen LogP contribution in [0.2, 0.25) is 0 Å². The molecule has 0 spiro atoms. The Morgan fingerprint density at radius 3 is 2.90 bits per heavy atom. The molecule has 7 nitrogen and oxygen atoms in total. The maximum atomic E-state index is 13.2. The van der Waals surface area contributed by atoms with Gasteiger partial charge in [0.25, 0.3) is 11.5 Å². The first-order valence-electron chi connectivity index (χ1n) is 10.1. The van der Waals surface area contributed by atoms with Crippen LogP contribution in [0.1, 0.15) is 23.2 Å². The average Bonchev–Trinajstić information content (AvgIpc) is 3.42. The number of carbonyl (C=O) groups excluding carboxylic acids is 1. The second kappa shape index (κ2) is 7.59. The Balaban J connectivity index is 1.40. The largest absolute Gasteiger partial charge is 0.334 e. The molecule has 0 aliphatic carbocycles. The van der Waals surface area contributed by atoms with Crippen molar-refractivity contribution in [2.24, 2.45) is 0 Å². The third kappa shape index (κ3) is 3.39. The summed E-state index contributed by atoms with van der Waals surface area (Å²) >= 11 is 0. The van der Waals surface area contributed by atoms with Crippen molar-refractivity contribution in [1.29, 1.82) is 0 Å². The molecule has 0 aromatic carbocycles. The second-order valence-corrected chi connectivity index (χ2v) is 7.54. The molecule has 150 valence electrons. The van der Waals surface area contributed by atoms with Crippen LogP contribution in [-0.4, -0.2) is 42.6 Å². The number of carbonyl (C=O) groups is 1. The number of nitrogens with zero attached hydrogens (tertiary/aromatic N) is 5. The Hall–Kier alpha value is -3.74. The van der Waals surface area contributed by atoms with E-state index in [1.807, 2.05) is 58.1 Å². The van der Waals surface area contributed by atoms with E-state index in [1.165, 1.54) is 10.7 Å². The van der Waals surface area contributed by atoms with Crippen molar-refractivity contribution in [3.63, 3.8) is 0 Å². The normalized spacial score (nSPS) is 16.3. The first-order chi connectivity index (χ1) is 14.7. The van der Waals surface area contributed by atoms with E-state index in [0.717, 1.165) is 23.9 Å². The number of rotatable bonds is 4. The summed E-state index contributed by atoms with van der Waals surface area (Å²) in [5.41, 5.74) is 3.02. The average molecular weight is 399 g/mol. The lowest BCUT2D eigenvalue weighted by Crippen LogP contribution is -2.40. The molecule has 1 aliphatic rings. The zero-order chi connectivity index (χ0) is 20.5. The molecule has 0 N–H and O–H groups in total. The smallest absolute Gasteiger partial charge is 0.266 e. The highest BCUT2D eigenvalue weighted by molar-refractivity contribution is 5.96. The molecule has 1 atom stereocenters. The molecule has 4 aromatic rings. The van der Waals surface area contributed by atoms with Crippen LogP contribution < -0.4 is 5.56 Å². The van der Waals surface area contributed by atoms with Crippen LogP contribution in [0, 0.1) is 0 Å². The lowest BCUT2D eigenvalue weighted by molar-refractivity contribution is 0.0720. The van der Waals surface area contributed by atoms with Gasteiger partial charge in [-0.05, 0) is 49.2 Å². The fraction of sp³-hybridized carbons (Fsp3) is 0.217. The van der Waals surface area contributed by atoms with Crippen molar-refractivity contribution < 1.29 is 4.79 Å². The lowest BCUT2D eigenvalue weighted by atomic mass is 10.2. The number of amides is 1. The molecule has 1 aliphatic heterocycles. The van der Waals surface area contributed by atoms with E-state index in [9.17, 15) is 9.59 Å². The summed E-state index contributed by atoms with van der Waals surface area (Å²) in [6, 6.07) is 14.7. The zero-order valence-corrected chi connectivity index (χ0v) is 16.4. The molecule has 1 amide bonds. The van der Waals surface area contributed by atoms with Gasteiger partial charge >= 0.3 is 0 Å². The van der Waals surface area contributed by atoms with Crippen LogP contribution >= 0.6 is 0 Å². The van der Waals surface area contributed by atoms with E-state index in [0.29, 0.717) is 24.3 Å². The molecule has 0 bridgehead atoms. The fourth-order valence-corrected chi connectivity index (χ4v) is 4.08. The summed E-state index contributed by atoms with van der Waals surface area (Å²) in [4.78, 5) is 31.6. The summed E-state index contributed by atoms with van der Waals surface area (Å²) in [5, 5.41) is 4.53. The summed E-state index contributed by atoms with van der Waals surface area (Å²) in [7, 11) is 0. The highest BCUT2D eigenvalue weighted by atomic mass is 16.2. The van der Waals surface area contributed by atoms with Gasteiger partial charge < -0.3 is 9.30 Å². The lowest BCUT2D eigenvalue weighted by Gasteiger charge is -2.24. The molecule has 30 heavy (non-hydrogen) atoms. The van der Waals surface area contributed by atoms with Crippen LogP contribution in [0.5, 0.6) is 0 Å². The SMILES string of the molecule is O=C(c1cc2ccccn2c1)N1CCCC1Cn1nc(-c2cccnc2)ccc1=O. The molecule has 5 heterocycles. The molecule has 5 rings (SSSR count). The maximum absolute atomic E-state index is 13.2. The minimum absolute atomic E-state index is 0.00216. The molecular weight excluding hydrogens is 378 g/mol. The van der Waals surface area contributed by atoms with Gasteiger partial charge in [-0.1, -0.05) is 6.07 Å². The van der Waals surface area contributed by atoms with Gasteiger partial charge in [0.2, 0.25) is 0 Å². The summed E-state index contributed by atoms with van der Waals surface area (Å²) in [6.07, 6.45) is 8.99. The standard InChI is InChI=1S/C23H21N5O2/c29-22-9-8-21(17-5-3-10-24-14-17)25-28(22)16-20-7-4-12-27(20)23(30)18-13-19-6-1-2-11-26(19)15-18/h1-3,5-6,8-11,13-15,20H,4,7,12,16H2. The Morgan fingerprint density at radius 1 is 1.13 bits per heavy atom. The number of hydrogen-bond donors (Lipinski definition) is 0.